The molecular weight excluding hydrogens is 442 g/mol. The van der Waals surface area contributed by atoms with E-state index in [4.69, 9.17) is 18.9 Å². The van der Waals surface area contributed by atoms with Crippen LogP contribution in [0.4, 0.5) is 5.69 Å². The maximum absolute atomic E-state index is 13.4. The van der Waals surface area contributed by atoms with E-state index in [1.807, 2.05) is 32.1 Å². The molecule has 0 saturated heterocycles. The van der Waals surface area contributed by atoms with Crippen LogP contribution >= 0.6 is 0 Å². The van der Waals surface area contributed by atoms with Gasteiger partial charge in [-0.1, -0.05) is 50.6 Å². The van der Waals surface area contributed by atoms with Gasteiger partial charge in [0.25, 0.3) is 0 Å². The van der Waals surface area contributed by atoms with Crippen LogP contribution in [0.5, 0.6) is 0 Å². The second-order valence-electron chi connectivity index (χ2n) is 7.80. The van der Waals surface area contributed by atoms with Crippen molar-refractivity contribution in [1.82, 2.24) is 0 Å². The molecule has 3 rings (SSSR count). The fourth-order valence-corrected chi connectivity index (χ4v) is 4.59. The first-order valence-electron chi connectivity index (χ1n) is 10.7. The van der Waals surface area contributed by atoms with Gasteiger partial charge in [0.15, 0.2) is 0 Å². The molecule has 1 aromatic carbocycles. The van der Waals surface area contributed by atoms with Crippen molar-refractivity contribution < 1.29 is 38.1 Å². The zero-order valence-corrected chi connectivity index (χ0v) is 20.0. The largest absolute Gasteiger partial charge is 0.466 e. The van der Waals surface area contributed by atoms with Crippen molar-refractivity contribution in [2.75, 3.05) is 33.3 Å². The predicted molar refractivity (Wildman–Crippen MR) is 122 cm³/mol. The SMILES string of the molecule is CCC(C)C12C=Cc3ccccc3N1C(C(=O)OC)=C(C(=O)OC)C(C(=O)OC)=C2C(=O)OC. The first-order chi connectivity index (χ1) is 16.2. The van der Waals surface area contributed by atoms with E-state index in [0.717, 1.165) is 26.9 Å². The Morgan fingerprint density at radius 1 is 0.853 bits per heavy atom. The third-order valence-electron chi connectivity index (χ3n) is 6.34. The highest BCUT2D eigenvalue weighted by Crippen LogP contribution is 2.52. The zero-order valence-electron chi connectivity index (χ0n) is 20.0. The molecule has 2 unspecified atom stereocenters. The van der Waals surface area contributed by atoms with E-state index in [1.165, 1.54) is 7.11 Å². The van der Waals surface area contributed by atoms with Gasteiger partial charge in [-0.15, -0.1) is 0 Å². The van der Waals surface area contributed by atoms with Crippen LogP contribution in [0.3, 0.4) is 0 Å². The number of esters is 4. The summed E-state index contributed by atoms with van der Waals surface area (Å²) in [5.41, 5.74) is -1.31. The van der Waals surface area contributed by atoms with Crippen LogP contribution in [0.2, 0.25) is 0 Å². The number of hydrogen-bond donors (Lipinski definition) is 0. The van der Waals surface area contributed by atoms with Crippen LogP contribution in [0.25, 0.3) is 6.08 Å². The molecular formula is C25H27NO8. The number of anilines is 1. The molecule has 2 aliphatic heterocycles. The number of para-hydroxylation sites is 1. The van der Waals surface area contributed by atoms with Crippen molar-refractivity contribution in [1.29, 1.82) is 0 Å². The number of carbonyl (C=O) groups is 4. The average Bonchev–Trinajstić information content (AvgIpc) is 2.88. The highest BCUT2D eigenvalue weighted by molar-refractivity contribution is 6.19. The lowest BCUT2D eigenvalue weighted by Crippen LogP contribution is -2.60. The van der Waals surface area contributed by atoms with Gasteiger partial charge in [-0.2, -0.15) is 0 Å². The second kappa shape index (κ2) is 9.54. The van der Waals surface area contributed by atoms with Crippen molar-refractivity contribution in [2.24, 2.45) is 5.92 Å². The van der Waals surface area contributed by atoms with E-state index in [-0.39, 0.29) is 17.2 Å². The Bertz CT molecular complexity index is 1150. The van der Waals surface area contributed by atoms with Gasteiger partial charge in [-0.3, -0.25) is 0 Å². The normalized spacial score (nSPS) is 19.6. The fraction of sp³-hybridized carbons (Fsp3) is 0.360. The Labute approximate surface area is 197 Å². The van der Waals surface area contributed by atoms with Gasteiger partial charge in [-0.05, 0) is 17.5 Å². The summed E-state index contributed by atoms with van der Waals surface area (Å²) >= 11 is 0. The highest BCUT2D eigenvalue weighted by Gasteiger charge is 2.57. The summed E-state index contributed by atoms with van der Waals surface area (Å²) in [6.07, 6.45) is 4.10. The van der Waals surface area contributed by atoms with Crippen molar-refractivity contribution >= 4 is 35.6 Å². The summed E-state index contributed by atoms with van der Waals surface area (Å²) in [7, 11) is 4.57. The summed E-state index contributed by atoms with van der Waals surface area (Å²) < 4.78 is 20.1. The molecule has 2 heterocycles. The number of nitrogens with zero attached hydrogens (tertiary/aromatic N) is 1. The minimum atomic E-state index is -1.37. The van der Waals surface area contributed by atoms with E-state index in [1.54, 1.807) is 23.1 Å². The summed E-state index contributed by atoms with van der Waals surface area (Å²) in [5.74, 6) is -4.07. The molecule has 0 radical (unpaired) electrons. The fourth-order valence-electron chi connectivity index (χ4n) is 4.59. The van der Waals surface area contributed by atoms with E-state index in [2.05, 4.69) is 0 Å². The number of fused-ring (bicyclic) bond motifs is 3. The Hall–Kier alpha value is -3.88. The smallest absolute Gasteiger partial charge is 0.355 e. The van der Waals surface area contributed by atoms with E-state index in [9.17, 15) is 19.2 Å². The van der Waals surface area contributed by atoms with Crippen LogP contribution in [0, 0.1) is 5.92 Å². The van der Waals surface area contributed by atoms with Gasteiger partial charge in [0.05, 0.1) is 45.1 Å². The van der Waals surface area contributed by atoms with Gasteiger partial charge in [0.2, 0.25) is 0 Å². The van der Waals surface area contributed by atoms with E-state index in [0.29, 0.717) is 12.1 Å². The Morgan fingerprint density at radius 2 is 1.41 bits per heavy atom. The summed E-state index contributed by atoms with van der Waals surface area (Å²) in [5, 5.41) is 0. The molecule has 9 nitrogen and oxygen atoms in total. The minimum absolute atomic E-state index is 0.130. The van der Waals surface area contributed by atoms with Gasteiger partial charge in [-0.25, -0.2) is 19.2 Å². The lowest BCUT2D eigenvalue weighted by Gasteiger charge is -2.52. The van der Waals surface area contributed by atoms with Gasteiger partial charge >= 0.3 is 23.9 Å². The summed E-state index contributed by atoms with van der Waals surface area (Å²) in [4.78, 5) is 54.4. The van der Waals surface area contributed by atoms with Crippen LogP contribution in [0.15, 0.2) is 52.8 Å². The number of ether oxygens (including phenoxy) is 4. The number of rotatable bonds is 6. The maximum Gasteiger partial charge on any atom is 0.355 e. The predicted octanol–water partition coefficient (Wildman–Crippen LogP) is 2.56. The second-order valence-corrected chi connectivity index (χ2v) is 7.80. The van der Waals surface area contributed by atoms with Crippen molar-refractivity contribution in [2.45, 2.75) is 25.8 Å². The molecule has 0 saturated carbocycles. The molecule has 0 N–H and O–H groups in total. The molecule has 1 aromatic rings. The average molecular weight is 469 g/mol. The number of hydrogen-bond acceptors (Lipinski definition) is 9. The Morgan fingerprint density at radius 3 is 1.97 bits per heavy atom. The topological polar surface area (TPSA) is 108 Å². The van der Waals surface area contributed by atoms with Crippen molar-refractivity contribution in [3.05, 3.63) is 58.3 Å². The monoisotopic (exact) mass is 469 g/mol. The van der Waals surface area contributed by atoms with Crippen molar-refractivity contribution in [3.63, 3.8) is 0 Å². The third kappa shape index (κ3) is 3.48. The van der Waals surface area contributed by atoms with Gasteiger partial charge in [0.1, 0.15) is 11.3 Å². The van der Waals surface area contributed by atoms with Crippen LogP contribution in [0.1, 0.15) is 25.8 Å². The quantitative estimate of drug-likeness (QED) is 0.459. The highest BCUT2D eigenvalue weighted by atomic mass is 16.5. The van der Waals surface area contributed by atoms with Crippen LogP contribution < -0.4 is 4.90 Å². The molecule has 34 heavy (non-hydrogen) atoms. The minimum Gasteiger partial charge on any atom is -0.466 e. The van der Waals surface area contributed by atoms with E-state index < -0.39 is 40.6 Å². The van der Waals surface area contributed by atoms with Crippen LogP contribution in [-0.2, 0) is 38.1 Å². The maximum atomic E-state index is 13.4. The van der Waals surface area contributed by atoms with Gasteiger partial charge < -0.3 is 23.8 Å². The summed E-state index contributed by atoms with van der Waals surface area (Å²) in [6.45, 7) is 3.79. The zero-order chi connectivity index (χ0) is 25.2. The molecule has 2 aliphatic rings. The number of methoxy groups -OCH3 is 4. The van der Waals surface area contributed by atoms with Gasteiger partial charge in [0, 0.05) is 5.69 Å². The standard InChI is InChI=1S/C25H27NO8/c1-7-14(2)25-13-12-15-10-8-9-11-16(15)26(25)20(24(30)34-6)18(22(28)32-4)17(21(27)31-3)19(25)23(29)33-5/h8-14H,7H2,1-6H3. The molecule has 180 valence electrons. The van der Waals surface area contributed by atoms with E-state index >= 15 is 0 Å². The molecule has 9 heteroatoms. The first kappa shape index (κ1) is 24.8. The molecule has 0 fully saturated rings. The first-order valence-corrected chi connectivity index (χ1v) is 10.7. The number of carbonyl (C=O) groups excluding carboxylic acids is 4. The molecule has 0 spiro atoms. The molecule has 2 atom stereocenters. The Balaban J connectivity index is 2.66. The van der Waals surface area contributed by atoms with Crippen LogP contribution in [-0.4, -0.2) is 57.9 Å². The lowest BCUT2D eigenvalue weighted by molar-refractivity contribution is -0.142. The molecule has 0 aromatic heterocycles. The number of benzene rings is 1. The molecule has 0 bridgehead atoms. The summed E-state index contributed by atoms with van der Waals surface area (Å²) in [6, 6.07) is 7.18. The molecule has 0 aliphatic carbocycles. The van der Waals surface area contributed by atoms with Crippen molar-refractivity contribution in [3.8, 4) is 0 Å². The lowest BCUT2D eigenvalue weighted by atomic mass is 9.68. The third-order valence-corrected chi connectivity index (χ3v) is 6.34. The Kier molecular flexibility index (Phi) is 6.95. The molecule has 0 amide bonds.